The van der Waals surface area contributed by atoms with Crippen molar-refractivity contribution in [3.05, 3.63) is 69.5 Å². The van der Waals surface area contributed by atoms with Gasteiger partial charge in [-0.25, -0.2) is 4.39 Å². The Bertz CT molecular complexity index is 856. The van der Waals surface area contributed by atoms with Crippen molar-refractivity contribution < 1.29 is 14.0 Å². The number of benzene rings is 2. The molecule has 0 saturated heterocycles. The van der Waals surface area contributed by atoms with Crippen molar-refractivity contribution in [2.75, 3.05) is 6.54 Å². The van der Waals surface area contributed by atoms with Crippen LogP contribution in [0.3, 0.4) is 0 Å². The normalized spacial score (nSPS) is 11.8. The summed E-state index contributed by atoms with van der Waals surface area (Å²) in [6.45, 7) is 4.56. The molecule has 0 aliphatic rings. The summed E-state index contributed by atoms with van der Waals surface area (Å²) in [5, 5.41) is 3.57. The molecule has 0 bridgehead atoms. The van der Waals surface area contributed by atoms with Gasteiger partial charge in [-0.3, -0.25) is 9.59 Å². The third-order valence-corrected chi connectivity index (χ3v) is 5.63. The van der Waals surface area contributed by atoms with E-state index in [9.17, 15) is 14.0 Å². The number of nitrogens with zero attached hydrogens (tertiary/aromatic N) is 1. The van der Waals surface area contributed by atoms with E-state index in [-0.39, 0.29) is 35.4 Å². The molecular formula is C23H27Cl2FN2O2. The summed E-state index contributed by atoms with van der Waals surface area (Å²) >= 11 is 12.4. The van der Waals surface area contributed by atoms with E-state index in [1.807, 2.05) is 19.9 Å². The fourth-order valence-electron chi connectivity index (χ4n) is 3.19. The summed E-state index contributed by atoms with van der Waals surface area (Å²) < 4.78 is 14.3. The molecule has 0 unspecified atom stereocenters. The molecule has 0 aliphatic heterocycles. The molecule has 2 rings (SSSR count). The quantitative estimate of drug-likeness (QED) is 0.490. The molecule has 4 nitrogen and oxygen atoms in total. The summed E-state index contributed by atoms with van der Waals surface area (Å²) in [5.41, 5.74) is 0.835. The molecule has 2 aromatic rings. The molecule has 30 heavy (non-hydrogen) atoms. The Morgan fingerprint density at radius 2 is 1.77 bits per heavy atom. The summed E-state index contributed by atoms with van der Waals surface area (Å²) in [6, 6.07) is 10.8. The van der Waals surface area contributed by atoms with Gasteiger partial charge in [0.1, 0.15) is 11.9 Å². The van der Waals surface area contributed by atoms with Crippen LogP contribution in [0.4, 0.5) is 4.39 Å². The van der Waals surface area contributed by atoms with E-state index in [4.69, 9.17) is 23.2 Å². The molecular weight excluding hydrogens is 426 g/mol. The maximum absolute atomic E-state index is 14.3. The van der Waals surface area contributed by atoms with Crippen LogP contribution in [0.2, 0.25) is 10.0 Å². The zero-order chi connectivity index (χ0) is 22.1. The van der Waals surface area contributed by atoms with Gasteiger partial charge in [-0.2, -0.15) is 0 Å². The number of halogens is 3. The Morgan fingerprint density at radius 3 is 2.40 bits per heavy atom. The number of amides is 2. The predicted molar refractivity (Wildman–Crippen MR) is 119 cm³/mol. The first-order valence-electron chi connectivity index (χ1n) is 10.1. The molecule has 0 fully saturated rings. The molecule has 7 heteroatoms. The molecule has 0 aliphatic carbocycles. The largest absolute Gasteiger partial charge is 0.354 e. The van der Waals surface area contributed by atoms with E-state index < -0.39 is 11.9 Å². The monoisotopic (exact) mass is 452 g/mol. The summed E-state index contributed by atoms with van der Waals surface area (Å²) in [4.78, 5) is 27.5. The van der Waals surface area contributed by atoms with Gasteiger partial charge in [-0.1, -0.05) is 67.7 Å². The highest BCUT2D eigenvalue weighted by atomic mass is 35.5. The van der Waals surface area contributed by atoms with Crippen LogP contribution in [-0.4, -0.2) is 29.3 Å². The van der Waals surface area contributed by atoms with Gasteiger partial charge in [0, 0.05) is 28.7 Å². The Kier molecular flexibility index (Phi) is 9.60. The molecule has 0 radical (unpaired) electrons. The molecule has 0 aromatic heterocycles. The Hall–Kier alpha value is -2.11. The molecule has 1 N–H and O–H groups in total. The first-order chi connectivity index (χ1) is 14.4. The second kappa shape index (κ2) is 11.9. The minimum Gasteiger partial charge on any atom is -0.354 e. The van der Waals surface area contributed by atoms with Crippen LogP contribution in [0.5, 0.6) is 0 Å². The van der Waals surface area contributed by atoms with Gasteiger partial charge >= 0.3 is 0 Å². The average molecular weight is 453 g/mol. The number of carbonyl (C=O) groups is 2. The molecule has 0 spiro atoms. The number of hydrogen-bond donors (Lipinski definition) is 1. The van der Waals surface area contributed by atoms with Crippen molar-refractivity contribution in [2.24, 2.45) is 0 Å². The number of unbranched alkanes of at least 4 members (excludes halogenated alkanes) is 1. The molecule has 0 heterocycles. The van der Waals surface area contributed by atoms with Crippen LogP contribution in [0.15, 0.2) is 42.5 Å². The minimum atomic E-state index is -0.698. The van der Waals surface area contributed by atoms with Crippen LogP contribution >= 0.6 is 23.2 Å². The lowest BCUT2D eigenvalue weighted by Crippen LogP contribution is -2.49. The Morgan fingerprint density at radius 1 is 1.07 bits per heavy atom. The number of rotatable bonds is 10. The molecule has 2 amide bonds. The van der Waals surface area contributed by atoms with Crippen LogP contribution in [0, 0.1) is 5.82 Å². The lowest BCUT2D eigenvalue weighted by molar-refractivity contribution is -0.141. The van der Waals surface area contributed by atoms with Gasteiger partial charge in [0.2, 0.25) is 11.8 Å². The highest BCUT2D eigenvalue weighted by Crippen LogP contribution is 2.23. The van der Waals surface area contributed by atoms with Gasteiger partial charge < -0.3 is 10.2 Å². The van der Waals surface area contributed by atoms with Crippen molar-refractivity contribution >= 4 is 35.0 Å². The van der Waals surface area contributed by atoms with Crippen molar-refractivity contribution in [1.29, 1.82) is 0 Å². The summed E-state index contributed by atoms with van der Waals surface area (Å²) in [5.74, 6) is -1.17. The van der Waals surface area contributed by atoms with Gasteiger partial charge in [-0.15, -0.1) is 0 Å². The number of nitrogens with one attached hydrogen (secondary N) is 1. The maximum atomic E-state index is 14.3. The lowest BCUT2D eigenvalue weighted by Gasteiger charge is -2.31. The highest BCUT2D eigenvalue weighted by molar-refractivity contribution is 6.31. The van der Waals surface area contributed by atoms with Crippen LogP contribution in [0.1, 0.15) is 44.2 Å². The van der Waals surface area contributed by atoms with E-state index in [0.29, 0.717) is 23.6 Å². The highest BCUT2D eigenvalue weighted by Gasteiger charge is 2.29. The molecule has 0 saturated carbocycles. The zero-order valence-electron chi connectivity index (χ0n) is 17.3. The molecule has 2 aromatic carbocycles. The summed E-state index contributed by atoms with van der Waals surface area (Å²) in [6.07, 6.45) is 1.98. The maximum Gasteiger partial charge on any atom is 0.242 e. The SMILES string of the molecule is CCCCNC(=O)[C@@H](CC)N(Cc1ccccc1Cl)C(=O)Cc1c(F)cccc1Cl. The Balaban J connectivity index is 2.32. The first-order valence-corrected chi connectivity index (χ1v) is 10.9. The second-order valence-corrected chi connectivity index (χ2v) is 7.87. The van der Waals surface area contributed by atoms with Crippen LogP contribution in [-0.2, 0) is 22.6 Å². The van der Waals surface area contributed by atoms with Gasteiger partial charge in [0.05, 0.1) is 6.42 Å². The third-order valence-electron chi connectivity index (χ3n) is 4.90. The number of carbonyl (C=O) groups excluding carboxylic acids is 2. The standard InChI is InChI=1S/C23H27Cl2FN2O2/c1-3-5-13-27-23(30)21(4-2)28(15-16-9-6-7-10-18(16)24)22(29)14-17-19(25)11-8-12-20(17)26/h6-12,21H,3-5,13-15H2,1-2H3,(H,27,30)/t21-/m1/s1. The van der Waals surface area contributed by atoms with Gasteiger partial charge in [-0.05, 0) is 36.6 Å². The smallest absolute Gasteiger partial charge is 0.242 e. The molecule has 162 valence electrons. The van der Waals surface area contributed by atoms with Gasteiger partial charge in [0.25, 0.3) is 0 Å². The first kappa shape index (κ1) is 24.2. The van der Waals surface area contributed by atoms with Crippen molar-refractivity contribution in [1.82, 2.24) is 10.2 Å². The number of hydrogen-bond acceptors (Lipinski definition) is 2. The van der Waals surface area contributed by atoms with Gasteiger partial charge in [0.15, 0.2) is 0 Å². The van der Waals surface area contributed by atoms with E-state index in [1.54, 1.807) is 24.3 Å². The fourth-order valence-corrected chi connectivity index (χ4v) is 3.62. The Labute approximate surface area is 187 Å². The third kappa shape index (κ3) is 6.44. The molecule has 1 atom stereocenters. The van der Waals surface area contributed by atoms with E-state index in [1.165, 1.54) is 17.0 Å². The lowest BCUT2D eigenvalue weighted by atomic mass is 10.1. The zero-order valence-corrected chi connectivity index (χ0v) is 18.8. The van der Waals surface area contributed by atoms with Crippen molar-refractivity contribution in [3.63, 3.8) is 0 Å². The van der Waals surface area contributed by atoms with E-state index >= 15 is 0 Å². The second-order valence-electron chi connectivity index (χ2n) is 7.06. The van der Waals surface area contributed by atoms with E-state index in [0.717, 1.165) is 12.8 Å². The topological polar surface area (TPSA) is 49.4 Å². The summed E-state index contributed by atoms with van der Waals surface area (Å²) in [7, 11) is 0. The minimum absolute atomic E-state index is 0.120. The average Bonchev–Trinajstić information content (AvgIpc) is 2.72. The predicted octanol–water partition coefficient (Wildman–Crippen LogP) is 5.40. The fraction of sp³-hybridized carbons (Fsp3) is 0.391. The van der Waals surface area contributed by atoms with Crippen molar-refractivity contribution in [2.45, 2.75) is 52.1 Å². The van der Waals surface area contributed by atoms with Crippen LogP contribution in [0.25, 0.3) is 0 Å². The van der Waals surface area contributed by atoms with Crippen LogP contribution < -0.4 is 5.32 Å². The van der Waals surface area contributed by atoms with E-state index in [2.05, 4.69) is 5.32 Å². The van der Waals surface area contributed by atoms with Crippen molar-refractivity contribution in [3.8, 4) is 0 Å².